The Labute approximate surface area is 135 Å². The second-order valence-corrected chi connectivity index (χ2v) is 5.91. The monoisotopic (exact) mass is 323 g/mol. The summed E-state index contributed by atoms with van der Waals surface area (Å²) in [6.45, 7) is 4.75. The molecule has 22 heavy (non-hydrogen) atoms. The van der Waals surface area contributed by atoms with Gasteiger partial charge in [0.05, 0.1) is 5.69 Å². The summed E-state index contributed by atoms with van der Waals surface area (Å²) in [5.74, 6) is 0.698. The maximum absolute atomic E-state index is 9.95. The molecule has 6 heteroatoms. The third-order valence-electron chi connectivity index (χ3n) is 3.23. The highest BCUT2D eigenvalue weighted by Gasteiger charge is 2.10. The molecule has 2 atom stereocenters. The predicted molar refractivity (Wildman–Crippen MR) is 87.4 cm³/mol. The fourth-order valence-electron chi connectivity index (χ4n) is 2.08. The number of aliphatic hydroxyl groups excluding tert-OH is 1. The number of benzene rings is 1. The van der Waals surface area contributed by atoms with Crippen molar-refractivity contribution in [2.24, 2.45) is 0 Å². The Balaban J connectivity index is 1.66. The van der Waals surface area contributed by atoms with Crippen molar-refractivity contribution in [3.63, 3.8) is 0 Å². The van der Waals surface area contributed by atoms with Crippen LogP contribution >= 0.6 is 11.6 Å². The highest BCUT2D eigenvalue weighted by atomic mass is 35.5. The number of rotatable bonds is 8. The van der Waals surface area contributed by atoms with Gasteiger partial charge < -0.3 is 15.2 Å². The zero-order chi connectivity index (χ0) is 15.9. The number of nitrogens with one attached hydrogen (secondary N) is 2. The van der Waals surface area contributed by atoms with Crippen LogP contribution in [0.5, 0.6) is 5.75 Å². The topological polar surface area (TPSA) is 70.2 Å². The van der Waals surface area contributed by atoms with E-state index in [0.29, 0.717) is 17.3 Å². The van der Waals surface area contributed by atoms with Crippen molar-refractivity contribution in [3.8, 4) is 5.75 Å². The van der Waals surface area contributed by atoms with Gasteiger partial charge in [0.15, 0.2) is 0 Å². The maximum atomic E-state index is 9.95. The van der Waals surface area contributed by atoms with E-state index in [1.807, 2.05) is 13.0 Å². The van der Waals surface area contributed by atoms with Crippen LogP contribution in [-0.2, 0) is 6.42 Å². The fraction of sp³-hybridized carbons (Fsp3) is 0.438. The van der Waals surface area contributed by atoms with Crippen molar-refractivity contribution in [3.05, 3.63) is 46.7 Å². The van der Waals surface area contributed by atoms with E-state index in [-0.39, 0.29) is 12.6 Å². The minimum Gasteiger partial charge on any atom is -0.491 e. The van der Waals surface area contributed by atoms with Gasteiger partial charge in [-0.1, -0.05) is 11.6 Å². The standard InChI is InChI=1S/C16H22ClN3O2/c1-11(7-14-8-12(2)19-20-14)18-9-15(21)10-22-16-5-3-13(17)4-6-16/h3-6,8,11,15,18,21H,7,9-10H2,1-2H3,(H,19,20). The molecule has 0 spiro atoms. The van der Waals surface area contributed by atoms with E-state index in [9.17, 15) is 5.11 Å². The van der Waals surface area contributed by atoms with Crippen LogP contribution in [0.1, 0.15) is 18.3 Å². The number of aryl methyl sites for hydroxylation is 1. The molecule has 0 aliphatic rings. The normalized spacial score (nSPS) is 13.8. The summed E-state index contributed by atoms with van der Waals surface area (Å²) in [5, 5.41) is 21.0. The molecule has 1 aromatic carbocycles. The fourth-order valence-corrected chi connectivity index (χ4v) is 2.21. The molecule has 5 nitrogen and oxygen atoms in total. The van der Waals surface area contributed by atoms with E-state index in [2.05, 4.69) is 22.4 Å². The van der Waals surface area contributed by atoms with E-state index in [1.165, 1.54) is 0 Å². The van der Waals surface area contributed by atoms with E-state index >= 15 is 0 Å². The first-order valence-electron chi connectivity index (χ1n) is 7.33. The smallest absolute Gasteiger partial charge is 0.119 e. The summed E-state index contributed by atoms with van der Waals surface area (Å²) in [5.41, 5.74) is 2.07. The molecule has 0 fully saturated rings. The average molecular weight is 324 g/mol. The molecule has 1 heterocycles. The van der Waals surface area contributed by atoms with Gasteiger partial charge in [-0.3, -0.25) is 5.10 Å². The van der Waals surface area contributed by atoms with Crippen molar-refractivity contribution in [2.75, 3.05) is 13.2 Å². The van der Waals surface area contributed by atoms with Crippen LogP contribution in [0.2, 0.25) is 5.02 Å². The van der Waals surface area contributed by atoms with Crippen LogP contribution in [0, 0.1) is 6.92 Å². The van der Waals surface area contributed by atoms with Gasteiger partial charge >= 0.3 is 0 Å². The van der Waals surface area contributed by atoms with Gasteiger partial charge in [-0.2, -0.15) is 5.10 Å². The van der Waals surface area contributed by atoms with Crippen molar-refractivity contribution in [1.29, 1.82) is 0 Å². The molecule has 2 rings (SSSR count). The van der Waals surface area contributed by atoms with Crippen LogP contribution in [0.3, 0.4) is 0 Å². The van der Waals surface area contributed by atoms with E-state index in [1.54, 1.807) is 24.3 Å². The minimum absolute atomic E-state index is 0.230. The number of aromatic amines is 1. The third kappa shape index (κ3) is 5.67. The maximum Gasteiger partial charge on any atom is 0.119 e. The van der Waals surface area contributed by atoms with E-state index < -0.39 is 6.10 Å². The summed E-state index contributed by atoms with van der Waals surface area (Å²) >= 11 is 5.80. The summed E-state index contributed by atoms with van der Waals surface area (Å²) in [4.78, 5) is 0. The second kappa shape index (κ2) is 8.17. The van der Waals surface area contributed by atoms with Crippen molar-refractivity contribution in [2.45, 2.75) is 32.4 Å². The van der Waals surface area contributed by atoms with Crippen LogP contribution in [0.25, 0.3) is 0 Å². The predicted octanol–water partition coefficient (Wildman–Crippen LogP) is 2.33. The number of hydrogen-bond donors (Lipinski definition) is 3. The van der Waals surface area contributed by atoms with Gasteiger partial charge in [-0.15, -0.1) is 0 Å². The zero-order valence-electron chi connectivity index (χ0n) is 12.8. The lowest BCUT2D eigenvalue weighted by atomic mass is 10.1. The summed E-state index contributed by atoms with van der Waals surface area (Å²) in [7, 11) is 0. The lowest BCUT2D eigenvalue weighted by Crippen LogP contribution is -2.37. The molecular formula is C16H22ClN3O2. The van der Waals surface area contributed by atoms with Crippen LogP contribution in [-0.4, -0.2) is 40.6 Å². The number of nitrogens with zero attached hydrogens (tertiary/aromatic N) is 1. The molecule has 0 radical (unpaired) electrons. The quantitative estimate of drug-likeness (QED) is 0.697. The molecule has 2 unspecified atom stereocenters. The molecule has 2 aromatic rings. The number of H-pyrrole nitrogens is 1. The first-order chi connectivity index (χ1) is 10.5. The summed E-state index contributed by atoms with van der Waals surface area (Å²) in [6, 6.07) is 9.34. The molecule has 0 saturated carbocycles. The molecule has 3 N–H and O–H groups in total. The Hall–Kier alpha value is -1.56. The van der Waals surface area contributed by atoms with Gasteiger partial charge in [0.1, 0.15) is 18.5 Å². The first kappa shape index (κ1) is 16.8. The molecule has 0 aliphatic heterocycles. The highest BCUT2D eigenvalue weighted by Crippen LogP contribution is 2.15. The molecule has 0 aliphatic carbocycles. The minimum atomic E-state index is -0.570. The van der Waals surface area contributed by atoms with Crippen molar-refractivity contribution >= 4 is 11.6 Å². The molecule has 1 aromatic heterocycles. The van der Waals surface area contributed by atoms with Gasteiger partial charge in [0.25, 0.3) is 0 Å². The Morgan fingerprint density at radius 2 is 2.09 bits per heavy atom. The largest absolute Gasteiger partial charge is 0.491 e. The number of aliphatic hydroxyl groups is 1. The van der Waals surface area contributed by atoms with Crippen molar-refractivity contribution < 1.29 is 9.84 Å². The molecule has 120 valence electrons. The Morgan fingerprint density at radius 1 is 1.36 bits per heavy atom. The Bertz CT molecular complexity index is 571. The number of hydrogen-bond acceptors (Lipinski definition) is 4. The second-order valence-electron chi connectivity index (χ2n) is 5.47. The first-order valence-corrected chi connectivity index (χ1v) is 7.71. The Kier molecular flexibility index (Phi) is 6.24. The lowest BCUT2D eigenvalue weighted by Gasteiger charge is -2.17. The van der Waals surface area contributed by atoms with E-state index in [0.717, 1.165) is 17.8 Å². The van der Waals surface area contributed by atoms with Crippen LogP contribution in [0.15, 0.2) is 30.3 Å². The van der Waals surface area contributed by atoms with Crippen LogP contribution in [0.4, 0.5) is 0 Å². The molecule has 0 saturated heterocycles. The summed E-state index contributed by atoms with van der Waals surface area (Å²) in [6.07, 6.45) is 0.244. The van der Waals surface area contributed by atoms with Crippen molar-refractivity contribution in [1.82, 2.24) is 15.5 Å². The number of halogens is 1. The number of ether oxygens (including phenoxy) is 1. The third-order valence-corrected chi connectivity index (χ3v) is 3.48. The Morgan fingerprint density at radius 3 is 2.73 bits per heavy atom. The lowest BCUT2D eigenvalue weighted by molar-refractivity contribution is 0.104. The van der Waals surface area contributed by atoms with E-state index in [4.69, 9.17) is 16.3 Å². The van der Waals surface area contributed by atoms with Gasteiger partial charge in [-0.25, -0.2) is 0 Å². The van der Waals surface area contributed by atoms with Gasteiger partial charge in [0.2, 0.25) is 0 Å². The molecule has 0 bridgehead atoms. The zero-order valence-corrected chi connectivity index (χ0v) is 13.6. The van der Waals surface area contributed by atoms with Gasteiger partial charge in [-0.05, 0) is 44.2 Å². The van der Waals surface area contributed by atoms with Crippen LogP contribution < -0.4 is 10.1 Å². The SMILES string of the molecule is Cc1cc(CC(C)NCC(O)COc2ccc(Cl)cc2)n[nH]1. The highest BCUT2D eigenvalue weighted by molar-refractivity contribution is 6.30. The van der Waals surface area contributed by atoms with Gasteiger partial charge in [0, 0.05) is 29.7 Å². The molecular weight excluding hydrogens is 302 g/mol. The summed E-state index contributed by atoms with van der Waals surface area (Å²) < 4.78 is 5.51. The average Bonchev–Trinajstić information content (AvgIpc) is 2.89. The molecule has 0 amide bonds. The number of aromatic nitrogens is 2.